The van der Waals surface area contributed by atoms with Gasteiger partial charge in [0.25, 0.3) is 0 Å². The molecule has 90 valence electrons. The monoisotopic (exact) mass is 222 g/mol. The highest BCUT2D eigenvalue weighted by molar-refractivity contribution is 5.76. The standard InChI is InChI=1S/C14H22O2/c1-14(2)12-8-10-6-4-3-5-9(10)7-11(12)13(15)16-14/h9-12H,3-8H2,1-2H3. The summed E-state index contributed by atoms with van der Waals surface area (Å²) >= 11 is 0. The number of carbonyl (C=O) groups excluding carboxylic acids is 1. The average Bonchev–Trinajstić information content (AvgIpc) is 2.47. The van der Waals surface area contributed by atoms with Crippen molar-refractivity contribution in [3.8, 4) is 0 Å². The van der Waals surface area contributed by atoms with Crippen molar-refractivity contribution in [3.05, 3.63) is 0 Å². The Morgan fingerprint density at radius 2 is 1.75 bits per heavy atom. The van der Waals surface area contributed by atoms with Crippen LogP contribution in [0.3, 0.4) is 0 Å². The van der Waals surface area contributed by atoms with E-state index in [-0.39, 0.29) is 17.5 Å². The first kappa shape index (κ1) is 10.6. The molecule has 3 fully saturated rings. The smallest absolute Gasteiger partial charge is 0.309 e. The van der Waals surface area contributed by atoms with Gasteiger partial charge in [-0.1, -0.05) is 25.7 Å². The molecule has 0 aromatic carbocycles. The first-order valence-corrected chi connectivity index (χ1v) is 6.81. The molecule has 16 heavy (non-hydrogen) atoms. The molecular weight excluding hydrogens is 200 g/mol. The van der Waals surface area contributed by atoms with Gasteiger partial charge in [-0.3, -0.25) is 4.79 Å². The number of hydrogen-bond donors (Lipinski definition) is 0. The molecule has 0 N–H and O–H groups in total. The van der Waals surface area contributed by atoms with Crippen LogP contribution in [0.1, 0.15) is 52.4 Å². The molecule has 0 bridgehead atoms. The number of hydrogen-bond acceptors (Lipinski definition) is 2. The Morgan fingerprint density at radius 3 is 2.44 bits per heavy atom. The lowest BCUT2D eigenvalue weighted by molar-refractivity contribution is -0.148. The first-order valence-electron chi connectivity index (χ1n) is 6.81. The molecule has 0 spiro atoms. The van der Waals surface area contributed by atoms with E-state index in [4.69, 9.17) is 4.74 Å². The van der Waals surface area contributed by atoms with Crippen molar-refractivity contribution >= 4 is 5.97 Å². The number of fused-ring (bicyclic) bond motifs is 2. The van der Waals surface area contributed by atoms with Gasteiger partial charge < -0.3 is 4.74 Å². The summed E-state index contributed by atoms with van der Waals surface area (Å²) in [5, 5.41) is 0. The van der Waals surface area contributed by atoms with Crippen LogP contribution in [0, 0.1) is 23.7 Å². The molecule has 0 aromatic rings. The van der Waals surface area contributed by atoms with Crippen molar-refractivity contribution in [2.45, 2.75) is 58.0 Å². The van der Waals surface area contributed by atoms with E-state index >= 15 is 0 Å². The molecule has 3 aliphatic rings. The minimum absolute atomic E-state index is 0.0824. The Balaban J connectivity index is 1.83. The SMILES string of the molecule is CC1(C)OC(=O)C2CC3CCCCC3CC21. The van der Waals surface area contributed by atoms with Crippen LogP contribution in [0.2, 0.25) is 0 Å². The van der Waals surface area contributed by atoms with Gasteiger partial charge in [-0.05, 0) is 38.5 Å². The highest BCUT2D eigenvalue weighted by Crippen LogP contribution is 2.52. The molecule has 3 rings (SSSR count). The van der Waals surface area contributed by atoms with E-state index in [1.54, 1.807) is 0 Å². The van der Waals surface area contributed by atoms with Gasteiger partial charge in [-0.25, -0.2) is 0 Å². The molecular formula is C14H22O2. The third-order valence-electron chi connectivity index (χ3n) is 5.22. The van der Waals surface area contributed by atoms with E-state index < -0.39 is 0 Å². The van der Waals surface area contributed by atoms with Gasteiger partial charge in [0.05, 0.1) is 5.92 Å². The highest BCUT2D eigenvalue weighted by atomic mass is 16.6. The van der Waals surface area contributed by atoms with E-state index in [9.17, 15) is 4.79 Å². The Hall–Kier alpha value is -0.530. The summed E-state index contributed by atoms with van der Waals surface area (Å²) in [7, 11) is 0. The molecule has 2 nitrogen and oxygen atoms in total. The van der Waals surface area contributed by atoms with Crippen LogP contribution in [-0.2, 0) is 9.53 Å². The largest absolute Gasteiger partial charge is 0.459 e. The average molecular weight is 222 g/mol. The first-order chi connectivity index (χ1) is 7.58. The van der Waals surface area contributed by atoms with Gasteiger partial charge in [0.15, 0.2) is 0 Å². The molecule has 1 aliphatic heterocycles. The second-order valence-corrected chi connectivity index (χ2v) is 6.51. The van der Waals surface area contributed by atoms with Crippen molar-refractivity contribution in [1.29, 1.82) is 0 Å². The van der Waals surface area contributed by atoms with E-state index in [1.807, 2.05) is 0 Å². The highest BCUT2D eigenvalue weighted by Gasteiger charge is 2.54. The molecule has 2 saturated carbocycles. The van der Waals surface area contributed by atoms with Gasteiger partial charge >= 0.3 is 5.97 Å². The number of carbonyl (C=O) groups is 1. The van der Waals surface area contributed by atoms with Crippen LogP contribution < -0.4 is 0 Å². The zero-order valence-electron chi connectivity index (χ0n) is 10.4. The third-order valence-corrected chi connectivity index (χ3v) is 5.22. The van der Waals surface area contributed by atoms with Crippen molar-refractivity contribution in [2.75, 3.05) is 0 Å². The fourth-order valence-corrected chi connectivity index (χ4v) is 4.33. The predicted molar refractivity (Wildman–Crippen MR) is 61.8 cm³/mol. The summed E-state index contributed by atoms with van der Waals surface area (Å²) in [4.78, 5) is 11.9. The molecule has 0 amide bonds. The van der Waals surface area contributed by atoms with Gasteiger partial charge in [0.2, 0.25) is 0 Å². The zero-order chi connectivity index (χ0) is 11.3. The summed E-state index contributed by atoms with van der Waals surface area (Å²) in [5.41, 5.74) is -0.204. The van der Waals surface area contributed by atoms with E-state index in [2.05, 4.69) is 13.8 Å². The Morgan fingerprint density at radius 1 is 1.12 bits per heavy atom. The van der Waals surface area contributed by atoms with Crippen molar-refractivity contribution < 1.29 is 9.53 Å². The normalized spacial score (nSPS) is 45.8. The maximum atomic E-state index is 11.9. The Bertz CT molecular complexity index is 308. The second kappa shape index (κ2) is 3.48. The number of cyclic esters (lactones) is 1. The minimum atomic E-state index is -0.204. The number of rotatable bonds is 0. The van der Waals surface area contributed by atoms with E-state index in [1.165, 1.54) is 32.1 Å². The van der Waals surface area contributed by atoms with Crippen molar-refractivity contribution in [1.82, 2.24) is 0 Å². The van der Waals surface area contributed by atoms with Crippen molar-refractivity contribution in [2.24, 2.45) is 23.7 Å². The van der Waals surface area contributed by atoms with Gasteiger partial charge in [0, 0.05) is 5.92 Å². The fourth-order valence-electron chi connectivity index (χ4n) is 4.33. The summed E-state index contributed by atoms with van der Waals surface area (Å²) < 4.78 is 5.56. The van der Waals surface area contributed by atoms with Crippen LogP contribution in [-0.4, -0.2) is 11.6 Å². The Kier molecular flexibility index (Phi) is 2.31. The number of ether oxygens (including phenoxy) is 1. The lowest BCUT2D eigenvalue weighted by atomic mass is 9.61. The van der Waals surface area contributed by atoms with E-state index in [0.717, 1.165) is 18.3 Å². The maximum Gasteiger partial charge on any atom is 0.309 e. The van der Waals surface area contributed by atoms with Crippen LogP contribution >= 0.6 is 0 Å². The summed E-state index contributed by atoms with van der Waals surface area (Å²) in [6, 6.07) is 0. The zero-order valence-corrected chi connectivity index (χ0v) is 10.4. The quantitative estimate of drug-likeness (QED) is 0.588. The lowest BCUT2D eigenvalue weighted by Gasteiger charge is -2.42. The van der Waals surface area contributed by atoms with Crippen molar-refractivity contribution in [3.63, 3.8) is 0 Å². The van der Waals surface area contributed by atoms with Crippen LogP contribution in [0.5, 0.6) is 0 Å². The van der Waals surface area contributed by atoms with Gasteiger partial charge in [-0.15, -0.1) is 0 Å². The van der Waals surface area contributed by atoms with Gasteiger partial charge in [-0.2, -0.15) is 0 Å². The molecule has 1 saturated heterocycles. The second-order valence-electron chi connectivity index (χ2n) is 6.51. The lowest BCUT2D eigenvalue weighted by Crippen LogP contribution is -2.39. The molecule has 0 aromatic heterocycles. The fraction of sp³-hybridized carbons (Fsp3) is 0.929. The molecule has 4 unspecified atom stereocenters. The molecule has 2 aliphatic carbocycles. The van der Waals surface area contributed by atoms with E-state index in [0.29, 0.717) is 5.92 Å². The minimum Gasteiger partial charge on any atom is -0.459 e. The molecule has 0 radical (unpaired) electrons. The maximum absolute atomic E-state index is 11.9. The molecule has 1 heterocycles. The van der Waals surface area contributed by atoms with Crippen LogP contribution in [0.4, 0.5) is 0 Å². The summed E-state index contributed by atoms with van der Waals surface area (Å²) in [6.07, 6.45) is 7.84. The summed E-state index contributed by atoms with van der Waals surface area (Å²) in [6.45, 7) is 4.19. The summed E-state index contributed by atoms with van der Waals surface area (Å²) in [5.74, 6) is 2.48. The third kappa shape index (κ3) is 1.49. The van der Waals surface area contributed by atoms with Crippen LogP contribution in [0.15, 0.2) is 0 Å². The molecule has 4 atom stereocenters. The number of esters is 1. The Labute approximate surface area is 97.7 Å². The van der Waals surface area contributed by atoms with Gasteiger partial charge in [0.1, 0.15) is 5.60 Å². The molecule has 2 heteroatoms. The topological polar surface area (TPSA) is 26.3 Å². The predicted octanol–water partition coefficient (Wildman–Crippen LogP) is 3.15. The van der Waals surface area contributed by atoms with Crippen LogP contribution in [0.25, 0.3) is 0 Å².